The third kappa shape index (κ3) is 8.39. The summed E-state index contributed by atoms with van der Waals surface area (Å²) in [5.41, 5.74) is 0.946. The summed E-state index contributed by atoms with van der Waals surface area (Å²) in [6.45, 7) is 2.73. The van der Waals surface area contributed by atoms with Gasteiger partial charge >= 0.3 is 12.1 Å². The monoisotopic (exact) mass is 538 g/mol. The van der Waals surface area contributed by atoms with Crippen molar-refractivity contribution in [3.8, 4) is 5.88 Å². The number of urea groups is 1. The van der Waals surface area contributed by atoms with Crippen LogP contribution in [0, 0.1) is 28.9 Å². The minimum Gasteiger partial charge on any atom is -0.472 e. The Morgan fingerprint density at radius 1 is 1.05 bits per heavy atom. The number of unbranched alkanes of at least 4 members (excludes halogenated alkanes) is 3. The molecule has 4 rings (SSSR count). The molecule has 208 valence electrons. The van der Waals surface area contributed by atoms with Crippen LogP contribution < -0.4 is 20.7 Å². The normalized spacial score (nSPS) is 18.9. The lowest BCUT2D eigenvalue weighted by molar-refractivity contribution is -0.385. The first kappa shape index (κ1) is 27.8. The van der Waals surface area contributed by atoms with Crippen LogP contribution in [0.4, 0.5) is 21.2 Å². The zero-order valence-corrected chi connectivity index (χ0v) is 21.9. The Morgan fingerprint density at radius 2 is 1.82 bits per heavy atom. The number of hydrogen-bond acceptors (Lipinski definition) is 8. The van der Waals surface area contributed by atoms with E-state index in [-0.39, 0.29) is 36.3 Å². The van der Waals surface area contributed by atoms with E-state index >= 15 is 0 Å². The van der Waals surface area contributed by atoms with Gasteiger partial charge in [0.15, 0.2) is 0 Å². The van der Waals surface area contributed by atoms with Crippen LogP contribution >= 0.6 is 0 Å². The Balaban J connectivity index is 1.08. The number of carbonyl (C=O) groups excluding carboxylic acids is 2. The lowest BCUT2D eigenvalue weighted by Crippen LogP contribution is -2.31. The van der Waals surface area contributed by atoms with Gasteiger partial charge < -0.3 is 20.1 Å². The molecule has 12 nitrogen and oxygen atoms in total. The molecule has 3 amide bonds. The summed E-state index contributed by atoms with van der Waals surface area (Å²) in [6.07, 6.45) is 9.52. The number of fused-ring (bicyclic) bond motifs is 2. The van der Waals surface area contributed by atoms with Crippen molar-refractivity contribution in [2.45, 2.75) is 58.2 Å². The van der Waals surface area contributed by atoms with Crippen molar-refractivity contribution in [1.29, 1.82) is 0 Å². The zero-order chi connectivity index (χ0) is 27.6. The fourth-order valence-electron chi connectivity index (χ4n) is 4.82. The maximum absolute atomic E-state index is 12.3. The third-order valence-electron chi connectivity index (χ3n) is 6.75. The van der Waals surface area contributed by atoms with Crippen molar-refractivity contribution in [2.75, 3.05) is 18.4 Å². The van der Waals surface area contributed by atoms with E-state index in [0.717, 1.165) is 38.5 Å². The summed E-state index contributed by atoms with van der Waals surface area (Å²) in [4.78, 5) is 43.3. The number of carbonyl (C=O) groups is 2. The van der Waals surface area contributed by atoms with Gasteiger partial charge in [0.1, 0.15) is 12.7 Å². The van der Waals surface area contributed by atoms with Crippen molar-refractivity contribution in [2.24, 2.45) is 11.8 Å². The summed E-state index contributed by atoms with van der Waals surface area (Å²) in [7, 11) is 0. The number of rotatable bonds is 13. The molecule has 1 fully saturated rings. The number of para-hydroxylation sites is 1. The summed E-state index contributed by atoms with van der Waals surface area (Å²) >= 11 is 0. The Hall–Kier alpha value is -4.22. The predicted molar refractivity (Wildman–Crippen MR) is 143 cm³/mol. The molecule has 12 heteroatoms. The second kappa shape index (κ2) is 13.5. The van der Waals surface area contributed by atoms with Crippen molar-refractivity contribution in [3.63, 3.8) is 0 Å². The largest absolute Gasteiger partial charge is 0.472 e. The number of nitro benzene ring substituents is 1. The van der Waals surface area contributed by atoms with Gasteiger partial charge in [0.2, 0.25) is 11.8 Å². The van der Waals surface area contributed by atoms with Gasteiger partial charge in [-0.2, -0.15) is 4.98 Å². The van der Waals surface area contributed by atoms with Gasteiger partial charge in [-0.25, -0.2) is 14.6 Å². The molecule has 2 aliphatic rings. The van der Waals surface area contributed by atoms with Gasteiger partial charge in [-0.3, -0.25) is 15.4 Å². The smallest absolute Gasteiger partial charge is 0.407 e. The lowest BCUT2D eigenvalue weighted by atomic mass is 10.1. The average Bonchev–Trinajstić information content (AvgIpc) is 3.52. The predicted octanol–water partition coefficient (Wildman–Crippen LogP) is 4.64. The molecular formula is C27H34N6O6. The number of nitrogens with zero attached hydrogens (tertiary/aromatic N) is 3. The molecule has 0 spiro atoms. The Morgan fingerprint density at radius 3 is 2.54 bits per heavy atom. The lowest BCUT2D eigenvalue weighted by Gasteiger charge is -2.19. The number of amides is 3. The molecule has 0 radical (unpaired) electrons. The number of ether oxygens (including phenoxy) is 2. The first-order valence-corrected chi connectivity index (χ1v) is 13.3. The molecule has 1 heterocycles. The second-order valence-electron chi connectivity index (χ2n) is 9.79. The second-order valence-corrected chi connectivity index (χ2v) is 9.79. The molecule has 1 aromatic heterocycles. The molecular weight excluding hydrogens is 504 g/mol. The topological polar surface area (TPSA) is 158 Å². The first-order chi connectivity index (χ1) is 18.9. The van der Waals surface area contributed by atoms with E-state index < -0.39 is 11.0 Å². The fraction of sp³-hybridized carbons (Fsp3) is 0.481. The summed E-state index contributed by atoms with van der Waals surface area (Å²) in [5, 5.41) is 19.4. The van der Waals surface area contributed by atoms with Crippen molar-refractivity contribution < 1.29 is 24.0 Å². The van der Waals surface area contributed by atoms with Crippen LogP contribution in [0.5, 0.6) is 5.88 Å². The third-order valence-corrected chi connectivity index (χ3v) is 6.75. The number of anilines is 1. The molecule has 0 aliphatic heterocycles. The summed E-state index contributed by atoms with van der Waals surface area (Å²) in [5.74, 6) is 1.21. The van der Waals surface area contributed by atoms with Crippen LogP contribution in [0.15, 0.2) is 42.5 Å². The summed E-state index contributed by atoms with van der Waals surface area (Å²) in [6, 6.07) is 7.45. The van der Waals surface area contributed by atoms with Crippen molar-refractivity contribution in [1.82, 2.24) is 20.6 Å². The van der Waals surface area contributed by atoms with E-state index in [2.05, 4.69) is 38.1 Å². The van der Waals surface area contributed by atoms with E-state index in [1.165, 1.54) is 6.07 Å². The molecule has 2 aromatic rings. The molecule has 3 unspecified atom stereocenters. The molecule has 0 saturated heterocycles. The van der Waals surface area contributed by atoms with Crippen LogP contribution in [0.25, 0.3) is 0 Å². The van der Waals surface area contributed by atoms with Gasteiger partial charge in [-0.05, 0) is 44.6 Å². The molecule has 1 aromatic carbocycles. The quantitative estimate of drug-likeness (QED) is 0.144. The molecule has 3 N–H and O–H groups in total. The van der Waals surface area contributed by atoms with Crippen molar-refractivity contribution >= 4 is 23.8 Å². The number of alkyl carbamates (subject to hydrolysis) is 1. The van der Waals surface area contributed by atoms with Gasteiger partial charge in [-0.1, -0.05) is 37.1 Å². The Labute approximate surface area is 226 Å². The van der Waals surface area contributed by atoms with E-state index in [0.29, 0.717) is 36.2 Å². The highest BCUT2D eigenvalue weighted by atomic mass is 16.6. The highest BCUT2D eigenvalue weighted by Crippen LogP contribution is 2.40. The maximum Gasteiger partial charge on any atom is 0.407 e. The number of nitrogens with one attached hydrogen (secondary N) is 3. The fourth-order valence-corrected chi connectivity index (χ4v) is 4.82. The Kier molecular flexibility index (Phi) is 9.65. The molecule has 1 saturated carbocycles. The van der Waals surface area contributed by atoms with Crippen LogP contribution in [0.2, 0.25) is 0 Å². The number of benzene rings is 1. The van der Waals surface area contributed by atoms with Gasteiger partial charge in [-0.15, -0.1) is 0 Å². The SMILES string of the molecule is Cc1cc(OCc2ccccc2[N+](=O)[O-])nc(NC(=O)NCCCCCCNC(=O)OC2CC3C=CC2C3)n1. The minimum atomic E-state index is -0.466. The van der Waals surface area contributed by atoms with Gasteiger partial charge in [0, 0.05) is 36.8 Å². The minimum absolute atomic E-state index is 0.0137. The number of aromatic nitrogens is 2. The van der Waals surface area contributed by atoms with Crippen LogP contribution in [0.3, 0.4) is 0 Å². The van der Waals surface area contributed by atoms with E-state index in [9.17, 15) is 19.7 Å². The average molecular weight is 539 g/mol. The van der Waals surface area contributed by atoms with Crippen molar-refractivity contribution in [3.05, 3.63) is 63.9 Å². The highest BCUT2D eigenvalue weighted by Gasteiger charge is 2.38. The van der Waals surface area contributed by atoms with Gasteiger partial charge in [0.05, 0.1) is 10.5 Å². The number of allylic oxidation sites excluding steroid dienone is 1. The molecule has 2 bridgehead atoms. The molecule has 39 heavy (non-hydrogen) atoms. The summed E-state index contributed by atoms with van der Waals surface area (Å²) < 4.78 is 11.2. The number of nitro groups is 1. The zero-order valence-electron chi connectivity index (χ0n) is 21.9. The highest BCUT2D eigenvalue weighted by molar-refractivity contribution is 5.87. The van der Waals surface area contributed by atoms with Crippen LogP contribution in [0.1, 0.15) is 49.8 Å². The van der Waals surface area contributed by atoms with Crippen LogP contribution in [-0.4, -0.2) is 46.2 Å². The maximum atomic E-state index is 12.3. The van der Waals surface area contributed by atoms with E-state index in [1.807, 2.05) is 0 Å². The van der Waals surface area contributed by atoms with Gasteiger partial charge in [0.25, 0.3) is 5.69 Å². The molecule has 3 atom stereocenters. The molecule has 2 aliphatic carbocycles. The number of hydrogen-bond donors (Lipinski definition) is 3. The number of aryl methyl sites for hydroxylation is 1. The first-order valence-electron chi connectivity index (χ1n) is 13.3. The van der Waals surface area contributed by atoms with Crippen LogP contribution in [-0.2, 0) is 11.3 Å². The van der Waals surface area contributed by atoms with E-state index in [4.69, 9.17) is 9.47 Å². The Bertz CT molecular complexity index is 1210. The standard InChI is InChI=1S/C27H34N6O6/c1-18-14-24(38-17-21-8-4-5-9-22(21)33(36)37)31-25(30-18)32-26(34)28-12-6-2-3-7-13-29-27(35)39-23-16-19-10-11-20(23)15-19/h4-5,8-11,14,19-20,23H,2-3,6-7,12-13,15-17H2,1H3,(H,29,35)(H2,28,30,31,32,34). The van der Waals surface area contributed by atoms with E-state index in [1.54, 1.807) is 31.2 Å².